The fourth-order valence-electron chi connectivity index (χ4n) is 2.18. The second kappa shape index (κ2) is 7.62. The third kappa shape index (κ3) is 4.15. The predicted molar refractivity (Wildman–Crippen MR) is 102 cm³/mol. The first-order valence-corrected chi connectivity index (χ1v) is 10.7. The molecular weight excluding hydrogens is 392 g/mol. The van der Waals surface area contributed by atoms with Crippen molar-refractivity contribution < 1.29 is 13.2 Å². The molecule has 2 aromatic heterocycles. The summed E-state index contributed by atoms with van der Waals surface area (Å²) in [6, 6.07) is 10.7. The number of hydrogen-bond donors (Lipinski definition) is 1. The molecule has 0 aliphatic carbocycles. The molecule has 1 N–H and O–H groups in total. The van der Waals surface area contributed by atoms with Gasteiger partial charge in [0, 0.05) is 19.0 Å². The average Bonchev–Trinajstić information content (AvgIpc) is 3.25. The molecule has 0 saturated carbocycles. The number of nitrogens with one attached hydrogen (secondary N) is 1. The van der Waals surface area contributed by atoms with Gasteiger partial charge in [0.2, 0.25) is 15.2 Å². The average molecular weight is 409 g/mol. The molecule has 10 heteroatoms. The minimum absolute atomic E-state index is 0.0968. The fraction of sp³-hybridized carbons (Fsp3) is 0.188. The quantitative estimate of drug-likeness (QED) is 0.677. The van der Waals surface area contributed by atoms with E-state index >= 15 is 0 Å². The summed E-state index contributed by atoms with van der Waals surface area (Å²) in [6.07, 6.45) is 0. The van der Waals surface area contributed by atoms with Gasteiger partial charge in [-0.05, 0) is 18.6 Å². The molecular formula is C16H16N4O3S3. The number of amides is 1. The number of hydrogen-bond acceptors (Lipinski definition) is 7. The lowest BCUT2D eigenvalue weighted by molar-refractivity contribution is 0.103. The van der Waals surface area contributed by atoms with Crippen molar-refractivity contribution in [3.63, 3.8) is 0 Å². The van der Waals surface area contributed by atoms with Gasteiger partial charge < -0.3 is 0 Å². The van der Waals surface area contributed by atoms with Crippen LogP contribution in [-0.4, -0.2) is 35.9 Å². The van der Waals surface area contributed by atoms with E-state index in [0.29, 0.717) is 10.0 Å². The molecule has 0 spiro atoms. The Morgan fingerprint density at radius 3 is 2.62 bits per heavy atom. The Balaban J connectivity index is 1.74. The van der Waals surface area contributed by atoms with Crippen LogP contribution in [0.4, 0.5) is 5.13 Å². The summed E-state index contributed by atoms with van der Waals surface area (Å²) in [5, 5.41) is 12.9. The summed E-state index contributed by atoms with van der Waals surface area (Å²) in [6.45, 7) is 2.04. The Labute approximate surface area is 159 Å². The highest BCUT2D eigenvalue weighted by Gasteiger charge is 2.24. The van der Waals surface area contributed by atoms with Crippen molar-refractivity contribution >= 4 is 43.7 Å². The van der Waals surface area contributed by atoms with Gasteiger partial charge in [0.15, 0.2) is 0 Å². The van der Waals surface area contributed by atoms with Gasteiger partial charge in [-0.1, -0.05) is 41.7 Å². The van der Waals surface area contributed by atoms with E-state index < -0.39 is 15.9 Å². The van der Waals surface area contributed by atoms with Gasteiger partial charge in [-0.3, -0.25) is 10.1 Å². The number of thiophene rings is 1. The summed E-state index contributed by atoms with van der Waals surface area (Å²) in [7, 11) is -2.16. The number of rotatable bonds is 6. The summed E-state index contributed by atoms with van der Waals surface area (Å²) in [4.78, 5) is 12.6. The van der Waals surface area contributed by atoms with Gasteiger partial charge in [-0.15, -0.1) is 21.5 Å². The smallest absolute Gasteiger partial charge is 0.267 e. The molecule has 0 aliphatic heterocycles. The van der Waals surface area contributed by atoms with E-state index in [1.54, 1.807) is 6.92 Å². The Morgan fingerprint density at radius 1 is 1.23 bits per heavy atom. The molecule has 26 heavy (non-hydrogen) atoms. The van der Waals surface area contributed by atoms with Crippen LogP contribution in [0, 0.1) is 6.92 Å². The number of benzene rings is 1. The first-order valence-electron chi connectivity index (χ1n) is 7.56. The number of anilines is 1. The number of carbonyl (C=O) groups excluding carboxylic acids is 1. The molecule has 136 valence electrons. The molecule has 0 radical (unpaired) electrons. The van der Waals surface area contributed by atoms with Crippen LogP contribution in [0.1, 0.15) is 20.2 Å². The van der Waals surface area contributed by atoms with Crippen molar-refractivity contribution in [2.24, 2.45) is 0 Å². The van der Waals surface area contributed by atoms with E-state index in [0.717, 1.165) is 21.9 Å². The highest BCUT2D eigenvalue weighted by molar-refractivity contribution is 7.89. The maximum absolute atomic E-state index is 12.7. The fourth-order valence-corrected chi connectivity index (χ4v) is 5.09. The maximum Gasteiger partial charge on any atom is 0.267 e. The molecule has 7 nitrogen and oxygen atoms in total. The first kappa shape index (κ1) is 18.6. The summed E-state index contributed by atoms with van der Waals surface area (Å²) in [5.41, 5.74) is 0.887. The van der Waals surface area contributed by atoms with Crippen molar-refractivity contribution in [2.75, 3.05) is 12.4 Å². The molecule has 3 rings (SSSR count). The van der Waals surface area contributed by atoms with Crippen molar-refractivity contribution in [1.29, 1.82) is 0 Å². The van der Waals surface area contributed by atoms with Crippen molar-refractivity contribution in [3.8, 4) is 0 Å². The second-order valence-corrected chi connectivity index (χ2v) is 9.61. The molecule has 0 unspecified atom stereocenters. The van der Waals surface area contributed by atoms with Crippen LogP contribution >= 0.6 is 22.7 Å². The van der Waals surface area contributed by atoms with Crippen LogP contribution in [0.3, 0.4) is 0 Å². The zero-order valence-corrected chi connectivity index (χ0v) is 16.5. The molecule has 0 saturated heterocycles. The summed E-state index contributed by atoms with van der Waals surface area (Å²) < 4.78 is 26.7. The lowest BCUT2D eigenvalue weighted by atomic mass is 10.2. The first-order chi connectivity index (χ1) is 12.4. The normalized spacial score (nSPS) is 11.7. The van der Waals surface area contributed by atoms with Gasteiger partial charge in [0.25, 0.3) is 5.91 Å². The van der Waals surface area contributed by atoms with Crippen LogP contribution in [0.5, 0.6) is 0 Å². The monoisotopic (exact) mass is 408 g/mol. The van der Waals surface area contributed by atoms with Gasteiger partial charge in [0.05, 0.1) is 9.77 Å². The minimum atomic E-state index is -3.68. The lowest BCUT2D eigenvalue weighted by Crippen LogP contribution is -2.26. The molecule has 0 fully saturated rings. The standard InChI is InChI=1S/C16H16N4O3S3/c1-11-18-19-16(25-11)17-15(21)14-8-13(10-24-14)26(22,23)20(2)9-12-6-4-3-5-7-12/h3-8,10H,9H2,1-2H3,(H,17,19,21). The zero-order valence-electron chi connectivity index (χ0n) is 14.0. The van der Waals surface area contributed by atoms with Gasteiger partial charge in [-0.25, -0.2) is 8.42 Å². The lowest BCUT2D eigenvalue weighted by Gasteiger charge is -2.16. The number of aryl methyl sites for hydroxylation is 1. The maximum atomic E-state index is 12.7. The highest BCUT2D eigenvalue weighted by Crippen LogP contribution is 2.24. The van der Waals surface area contributed by atoms with Crippen LogP contribution in [0.15, 0.2) is 46.7 Å². The molecule has 0 bridgehead atoms. The number of nitrogens with zero attached hydrogens (tertiary/aromatic N) is 3. The van der Waals surface area contributed by atoms with E-state index in [2.05, 4.69) is 15.5 Å². The molecule has 2 heterocycles. The number of sulfonamides is 1. The van der Waals surface area contributed by atoms with Crippen molar-refractivity contribution in [2.45, 2.75) is 18.4 Å². The molecule has 1 aromatic carbocycles. The van der Waals surface area contributed by atoms with Crippen LogP contribution in [0.2, 0.25) is 0 Å². The van der Waals surface area contributed by atoms with E-state index in [1.165, 1.54) is 34.1 Å². The Hall–Kier alpha value is -2.14. The Kier molecular flexibility index (Phi) is 5.47. The SMILES string of the molecule is Cc1nnc(NC(=O)c2cc(S(=O)(=O)N(C)Cc3ccccc3)cs2)s1. The van der Waals surface area contributed by atoms with Crippen LogP contribution in [-0.2, 0) is 16.6 Å². The third-order valence-electron chi connectivity index (χ3n) is 3.50. The van der Waals surface area contributed by atoms with Crippen molar-refractivity contribution in [3.05, 3.63) is 57.2 Å². The van der Waals surface area contributed by atoms with E-state index in [1.807, 2.05) is 30.3 Å². The predicted octanol–water partition coefficient (Wildman–Crippen LogP) is 2.98. The van der Waals surface area contributed by atoms with Crippen LogP contribution < -0.4 is 5.32 Å². The molecule has 3 aromatic rings. The summed E-state index contributed by atoms with van der Waals surface area (Å²) >= 11 is 2.33. The van der Waals surface area contributed by atoms with Gasteiger partial charge in [0.1, 0.15) is 5.01 Å². The van der Waals surface area contributed by atoms with Gasteiger partial charge in [-0.2, -0.15) is 4.31 Å². The highest BCUT2D eigenvalue weighted by atomic mass is 32.2. The Morgan fingerprint density at radius 2 is 1.96 bits per heavy atom. The largest absolute Gasteiger partial charge is 0.296 e. The second-order valence-electron chi connectivity index (χ2n) is 5.47. The molecule has 0 aliphatic rings. The minimum Gasteiger partial charge on any atom is -0.296 e. The van der Waals surface area contributed by atoms with Crippen LogP contribution in [0.25, 0.3) is 0 Å². The molecule has 0 atom stereocenters. The topological polar surface area (TPSA) is 92.3 Å². The van der Waals surface area contributed by atoms with E-state index in [4.69, 9.17) is 0 Å². The molecule has 1 amide bonds. The van der Waals surface area contributed by atoms with Gasteiger partial charge >= 0.3 is 0 Å². The number of carbonyl (C=O) groups is 1. The summed E-state index contributed by atoms with van der Waals surface area (Å²) in [5.74, 6) is -0.404. The third-order valence-corrected chi connectivity index (χ3v) is 7.12. The van der Waals surface area contributed by atoms with E-state index in [9.17, 15) is 13.2 Å². The zero-order chi connectivity index (χ0) is 18.7. The van der Waals surface area contributed by atoms with Crippen molar-refractivity contribution in [1.82, 2.24) is 14.5 Å². The van der Waals surface area contributed by atoms with E-state index in [-0.39, 0.29) is 11.4 Å². The Bertz CT molecular complexity index is 1010. The number of aromatic nitrogens is 2.